The first kappa shape index (κ1) is 9.31. The van der Waals surface area contributed by atoms with Crippen molar-refractivity contribution < 1.29 is 0 Å². The zero-order valence-electron chi connectivity index (χ0n) is 8.01. The van der Waals surface area contributed by atoms with Crippen LogP contribution in [0.25, 0.3) is 0 Å². The maximum Gasteiger partial charge on any atom is -0.0149 e. The van der Waals surface area contributed by atoms with Crippen molar-refractivity contribution in [3.8, 4) is 0 Å². The van der Waals surface area contributed by atoms with Crippen LogP contribution in [0.15, 0.2) is 24.3 Å². The van der Waals surface area contributed by atoms with Crippen molar-refractivity contribution in [3.05, 3.63) is 35.9 Å². The Morgan fingerprint density at radius 1 is 1.33 bits per heavy atom. The summed E-state index contributed by atoms with van der Waals surface area (Å²) in [5, 5.41) is 0. The van der Waals surface area contributed by atoms with Crippen LogP contribution in [0.1, 0.15) is 32.3 Å². The lowest BCUT2D eigenvalue weighted by atomic mass is 10.0. The van der Waals surface area contributed by atoms with Crippen molar-refractivity contribution in [3.63, 3.8) is 0 Å². The quantitative estimate of drug-likeness (QED) is 0.634. The molecule has 0 heterocycles. The average Bonchev–Trinajstić information content (AvgIpc) is 2.05. The number of rotatable bonds is 4. The molecule has 0 atom stereocenters. The fourth-order valence-electron chi connectivity index (χ4n) is 1.29. The van der Waals surface area contributed by atoms with Crippen molar-refractivity contribution in [2.45, 2.75) is 33.1 Å². The van der Waals surface area contributed by atoms with Gasteiger partial charge in [-0.1, -0.05) is 44.5 Å². The second-order valence-corrected chi connectivity index (χ2v) is 3.67. The Labute approximate surface area is 75.6 Å². The average molecular weight is 161 g/mol. The molecule has 1 aromatic carbocycles. The highest BCUT2D eigenvalue weighted by Gasteiger charge is 1.95. The molecule has 65 valence electrons. The standard InChI is InChI=1S/C12H17/c1-11(2)7-6-10-12-8-4-3-5-9-12/h3-5,8,11H,6-7,10H2,1-2H3. The van der Waals surface area contributed by atoms with Gasteiger partial charge in [-0.3, -0.25) is 0 Å². The van der Waals surface area contributed by atoms with E-state index in [1.165, 1.54) is 24.8 Å². The fourth-order valence-corrected chi connectivity index (χ4v) is 1.29. The van der Waals surface area contributed by atoms with E-state index in [9.17, 15) is 0 Å². The van der Waals surface area contributed by atoms with Crippen molar-refractivity contribution in [1.29, 1.82) is 0 Å². The molecule has 0 heteroatoms. The van der Waals surface area contributed by atoms with Crippen molar-refractivity contribution >= 4 is 0 Å². The Morgan fingerprint density at radius 3 is 2.75 bits per heavy atom. The second-order valence-electron chi connectivity index (χ2n) is 3.67. The van der Waals surface area contributed by atoms with E-state index in [0.29, 0.717) is 0 Å². The molecule has 0 amide bonds. The van der Waals surface area contributed by atoms with E-state index in [0.717, 1.165) is 5.92 Å². The Bertz CT molecular complexity index is 199. The first-order valence-electron chi connectivity index (χ1n) is 4.74. The monoisotopic (exact) mass is 161 g/mol. The Morgan fingerprint density at radius 2 is 2.17 bits per heavy atom. The summed E-state index contributed by atoms with van der Waals surface area (Å²) in [6.07, 6.45) is 3.79. The lowest BCUT2D eigenvalue weighted by Gasteiger charge is -2.03. The summed E-state index contributed by atoms with van der Waals surface area (Å²) in [7, 11) is 0. The van der Waals surface area contributed by atoms with Crippen LogP contribution >= 0.6 is 0 Å². The Balaban J connectivity index is 2.25. The lowest BCUT2D eigenvalue weighted by Crippen LogP contribution is -1.90. The van der Waals surface area contributed by atoms with Gasteiger partial charge in [0.05, 0.1) is 0 Å². The molecule has 1 aromatic rings. The summed E-state index contributed by atoms with van der Waals surface area (Å²) < 4.78 is 0. The minimum Gasteiger partial charge on any atom is -0.0628 e. The van der Waals surface area contributed by atoms with E-state index < -0.39 is 0 Å². The van der Waals surface area contributed by atoms with Crippen LogP contribution in [0, 0.1) is 12.0 Å². The highest BCUT2D eigenvalue weighted by Crippen LogP contribution is 2.08. The van der Waals surface area contributed by atoms with Crippen LogP contribution in [0.2, 0.25) is 0 Å². The van der Waals surface area contributed by atoms with Crippen LogP contribution < -0.4 is 0 Å². The van der Waals surface area contributed by atoms with Gasteiger partial charge in [0.2, 0.25) is 0 Å². The zero-order valence-corrected chi connectivity index (χ0v) is 8.01. The zero-order chi connectivity index (χ0) is 8.81. The third-order valence-corrected chi connectivity index (χ3v) is 2.00. The third kappa shape index (κ3) is 3.56. The molecule has 0 nitrogen and oxygen atoms in total. The summed E-state index contributed by atoms with van der Waals surface area (Å²) in [6.45, 7) is 4.55. The second kappa shape index (κ2) is 4.97. The lowest BCUT2D eigenvalue weighted by molar-refractivity contribution is 0.555. The van der Waals surface area contributed by atoms with Gasteiger partial charge in [-0.05, 0) is 30.4 Å². The molecular weight excluding hydrogens is 144 g/mol. The molecule has 0 unspecified atom stereocenters. The Kier molecular flexibility index (Phi) is 3.86. The van der Waals surface area contributed by atoms with Gasteiger partial charge >= 0.3 is 0 Å². The van der Waals surface area contributed by atoms with Crippen LogP contribution in [0.3, 0.4) is 0 Å². The van der Waals surface area contributed by atoms with Gasteiger partial charge in [0.1, 0.15) is 0 Å². The van der Waals surface area contributed by atoms with E-state index in [1.807, 2.05) is 12.1 Å². The predicted molar refractivity (Wildman–Crippen MR) is 53.1 cm³/mol. The maximum absolute atomic E-state index is 3.24. The number of aryl methyl sites for hydroxylation is 1. The summed E-state index contributed by atoms with van der Waals surface area (Å²) in [5.74, 6) is 0.828. The normalized spacial score (nSPS) is 10.6. The van der Waals surface area contributed by atoms with E-state index in [2.05, 4.69) is 32.0 Å². The molecule has 1 rings (SSSR count). The summed E-state index contributed by atoms with van der Waals surface area (Å²) in [5.41, 5.74) is 1.35. The molecule has 0 saturated carbocycles. The van der Waals surface area contributed by atoms with Crippen LogP contribution in [-0.2, 0) is 6.42 Å². The maximum atomic E-state index is 3.24. The molecule has 0 aliphatic rings. The summed E-state index contributed by atoms with van der Waals surface area (Å²) in [4.78, 5) is 0. The minimum atomic E-state index is 0.828. The van der Waals surface area contributed by atoms with Gasteiger partial charge in [0.25, 0.3) is 0 Å². The highest BCUT2D eigenvalue weighted by atomic mass is 14.0. The molecule has 0 aromatic heterocycles. The molecule has 0 aliphatic heterocycles. The third-order valence-electron chi connectivity index (χ3n) is 2.00. The summed E-state index contributed by atoms with van der Waals surface area (Å²) in [6, 6.07) is 11.5. The largest absolute Gasteiger partial charge is 0.0628 e. The number of benzene rings is 1. The number of hydrogen-bond donors (Lipinski definition) is 0. The smallest absolute Gasteiger partial charge is 0.0149 e. The Hall–Kier alpha value is -0.780. The highest BCUT2D eigenvalue weighted by molar-refractivity contribution is 5.12. The van der Waals surface area contributed by atoms with Gasteiger partial charge < -0.3 is 0 Å². The molecule has 1 radical (unpaired) electrons. The van der Waals surface area contributed by atoms with Gasteiger partial charge in [-0.25, -0.2) is 0 Å². The molecular formula is C12H17. The van der Waals surface area contributed by atoms with Gasteiger partial charge in [-0.2, -0.15) is 0 Å². The van der Waals surface area contributed by atoms with Gasteiger partial charge in [0, 0.05) is 0 Å². The van der Waals surface area contributed by atoms with Crippen LogP contribution in [-0.4, -0.2) is 0 Å². The molecule has 0 aliphatic carbocycles. The van der Waals surface area contributed by atoms with Crippen molar-refractivity contribution in [2.24, 2.45) is 5.92 Å². The minimum absolute atomic E-state index is 0.828. The van der Waals surface area contributed by atoms with E-state index in [1.54, 1.807) is 0 Å². The van der Waals surface area contributed by atoms with E-state index in [4.69, 9.17) is 0 Å². The van der Waals surface area contributed by atoms with E-state index in [-0.39, 0.29) is 0 Å². The summed E-state index contributed by atoms with van der Waals surface area (Å²) >= 11 is 0. The molecule has 0 spiro atoms. The molecule has 0 fully saturated rings. The first-order chi connectivity index (χ1) is 5.79. The molecule has 0 N–H and O–H groups in total. The molecule has 0 saturated heterocycles. The van der Waals surface area contributed by atoms with Crippen LogP contribution in [0.4, 0.5) is 0 Å². The predicted octanol–water partition coefficient (Wildman–Crippen LogP) is 3.47. The van der Waals surface area contributed by atoms with E-state index >= 15 is 0 Å². The number of hydrogen-bond acceptors (Lipinski definition) is 0. The topological polar surface area (TPSA) is 0 Å². The molecule has 0 bridgehead atoms. The van der Waals surface area contributed by atoms with Crippen molar-refractivity contribution in [2.75, 3.05) is 0 Å². The van der Waals surface area contributed by atoms with Crippen LogP contribution in [0.5, 0.6) is 0 Å². The fraction of sp³-hybridized carbons (Fsp3) is 0.500. The SMILES string of the molecule is CC(C)CCCc1[c]cccc1. The first-order valence-corrected chi connectivity index (χ1v) is 4.74. The van der Waals surface area contributed by atoms with Gasteiger partial charge in [-0.15, -0.1) is 0 Å². The van der Waals surface area contributed by atoms with Gasteiger partial charge in [0.15, 0.2) is 0 Å². The van der Waals surface area contributed by atoms with Crippen molar-refractivity contribution in [1.82, 2.24) is 0 Å². The molecule has 12 heavy (non-hydrogen) atoms.